The molecule has 0 amide bonds. The van der Waals surface area contributed by atoms with Crippen molar-refractivity contribution in [2.75, 3.05) is 6.61 Å². The van der Waals surface area contributed by atoms with Gasteiger partial charge in [-0.2, -0.15) is 0 Å². The second kappa shape index (κ2) is 3.59. The standard InChI is InChI=1S/C7H11NO3/c1-2-7-8-5(4-11-7)6(10)3-9/h3,5,7-8H,2,4H2,1H3. The van der Waals surface area contributed by atoms with Crippen LogP contribution in [0, 0.1) is 0 Å². The normalized spacial score (nSPS) is 30.3. The molecule has 1 rings (SSSR count). The van der Waals surface area contributed by atoms with E-state index in [9.17, 15) is 9.59 Å². The number of rotatable bonds is 3. The van der Waals surface area contributed by atoms with Crippen LogP contribution in [0.1, 0.15) is 13.3 Å². The van der Waals surface area contributed by atoms with Gasteiger partial charge in [0, 0.05) is 0 Å². The summed E-state index contributed by atoms with van der Waals surface area (Å²) in [6.07, 6.45) is 1.07. The van der Waals surface area contributed by atoms with Crippen molar-refractivity contribution >= 4 is 12.1 Å². The highest BCUT2D eigenvalue weighted by Crippen LogP contribution is 2.05. The minimum Gasteiger partial charge on any atom is -0.361 e. The number of nitrogens with one attached hydrogen (secondary N) is 1. The van der Waals surface area contributed by atoms with Crippen LogP contribution in [0.3, 0.4) is 0 Å². The Morgan fingerprint density at radius 1 is 1.82 bits per heavy atom. The van der Waals surface area contributed by atoms with Crippen LogP contribution in [0.5, 0.6) is 0 Å². The molecule has 1 fully saturated rings. The topological polar surface area (TPSA) is 55.4 Å². The second-order valence-electron chi connectivity index (χ2n) is 2.47. The smallest absolute Gasteiger partial charge is 0.214 e. The fourth-order valence-electron chi connectivity index (χ4n) is 1.02. The largest absolute Gasteiger partial charge is 0.361 e. The highest BCUT2D eigenvalue weighted by atomic mass is 16.5. The van der Waals surface area contributed by atoms with Gasteiger partial charge in [-0.15, -0.1) is 0 Å². The molecule has 0 spiro atoms. The number of hydrogen-bond donors (Lipinski definition) is 1. The molecule has 11 heavy (non-hydrogen) atoms. The third-order valence-corrected chi connectivity index (χ3v) is 1.68. The molecule has 0 bridgehead atoms. The molecule has 1 saturated heterocycles. The predicted molar refractivity (Wildman–Crippen MR) is 38.0 cm³/mol. The fraction of sp³-hybridized carbons (Fsp3) is 0.714. The first-order chi connectivity index (χ1) is 5.27. The minimum absolute atomic E-state index is 0.0658. The minimum atomic E-state index is -0.430. The van der Waals surface area contributed by atoms with E-state index in [0.29, 0.717) is 12.9 Å². The summed E-state index contributed by atoms with van der Waals surface area (Å²) in [6, 6.07) is -0.419. The van der Waals surface area contributed by atoms with Crippen LogP contribution in [0.25, 0.3) is 0 Å². The number of carbonyl (C=O) groups excluding carboxylic acids is 2. The second-order valence-corrected chi connectivity index (χ2v) is 2.47. The van der Waals surface area contributed by atoms with Crippen molar-refractivity contribution in [2.24, 2.45) is 0 Å². The number of Topliss-reactive ketones (excluding diaryl/α,β-unsaturated/α-hetero) is 1. The van der Waals surface area contributed by atoms with Crippen molar-refractivity contribution in [3.8, 4) is 0 Å². The Morgan fingerprint density at radius 3 is 3.00 bits per heavy atom. The first-order valence-corrected chi connectivity index (χ1v) is 3.64. The third-order valence-electron chi connectivity index (χ3n) is 1.68. The van der Waals surface area contributed by atoms with Crippen molar-refractivity contribution in [1.82, 2.24) is 5.32 Å². The van der Waals surface area contributed by atoms with E-state index in [-0.39, 0.29) is 6.23 Å². The van der Waals surface area contributed by atoms with Crippen LogP contribution in [0.4, 0.5) is 0 Å². The van der Waals surface area contributed by atoms with Gasteiger partial charge in [0.25, 0.3) is 0 Å². The van der Waals surface area contributed by atoms with Gasteiger partial charge in [-0.3, -0.25) is 14.9 Å². The summed E-state index contributed by atoms with van der Waals surface area (Å²) >= 11 is 0. The molecule has 4 heteroatoms. The molecule has 0 aromatic heterocycles. The Kier molecular flexibility index (Phi) is 2.73. The molecule has 1 aliphatic heterocycles. The zero-order chi connectivity index (χ0) is 8.27. The monoisotopic (exact) mass is 157 g/mol. The number of ketones is 1. The van der Waals surface area contributed by atoms with E-state index in [1.165, 1.54) is 0 Å². The van der Waals surface area contributed by atoms with Gasteiger partial charge in [0.1, 0.15) is 6.23 Å². The average molecular weight is 157 g/mol. The zero-order valence-corrected chi connectivity index (χ0v) is 6.37. The lowest BCUT2D eigenvalue weighted by Crippen LogP contribution is -2.37. The van der Waals surface area contributed by atoms with Crippen LogP contribution in [-0.4, -0.2) is 30.9 Å². The van der Waals surface area contributed by atoms with Gasteiger partial charge in [0.05, 0.1) is 12.6 Å². The van der Waals surface area contributed by atoms with Gasteiger partial charge in [-0.05, 0) is 6.42 Å². The van der Waals surface area contributed by atoms with Crippen LogP contribution in [0.15, 0.2) is 0 Å². The number of aldehydes is 1. The first kappa shape index (κ1) is 8.36. The van der Waals surface area contributed by atoms with Gasteiger partial charge in [-0.1, -0.05) is 6.92 Å². The highest BCUT2D eigenvalue weighted by Gasteiger charge is 2.27. The number of carbonyl (C=O) groups is 2. The number of hydrogen-bond acceptors (Lipinski definition) is 4. The molecular weight excluding hydrogens is 146 g/mol. The zero-order valence-electron chi connectivity index (χ0n) is 6.37. The van der Waals surface area contributed by atoms with Crippen molar-refractivity contribution in [2.45, 2.75) is 25.6 Å². The maximum absolute atomic E-state index is 10.8. The highest BCUT2D eigenvalue weighted by molar-refractivity contribution is 6.27. The molecule has 1 N–H and O–H groups in total. The van der Waals surface area contributed by atoms with Crippen LogP contribution in [-0.2, 0) is 14.3 Å². The average Bonchev–Trinajstić information content (AvgIpc) is 2.50. The van der Waals surface area contributed by atoms with Gasteiger partial charge in [0.2, 0.25) is 5.78 Å². The molecule has 0 saturated carbocycles. The van der Waals surface area contributed by atoms with Gasteiger partial charge >= 0.3 is 0 Å². The summed E-state index contributed by atoms with van der Waals surface area (Å²) in [5.74, 6) is -0.430. The summed E-state index contributed by atoms with van der Waals surface area (Å²) in [4.78, 5) is 20.8. The molecule has 0 radical (unpaired) electrons. The van der Waals surface area contributed by atoms with Crippen LogP contribution >= 0.6 is 0 Å². The molecular formula is C7H11NO3. The van der Waals surface area contributed by atoms with Crippen molar-refractivity contribution in [3.63, 3.8) is 0 Å². The number of ether oxygens (including phenoxy) is 1. The Balaban J connectivity index is 2.41. The lowest BCUT2D eigenvalue weighted by atomic mass is 10.2. The van der Waals surface area contributed by atoms with Crippen molar-refractivity contribution < 1.29 is 14.3 Å². The first-order valence-electron chi connectivity index (χ1n) is 3.64. The Labute approximate surface area is 64.9 Å². The summed E-state index contributed by atoms with van der Waals surface area (Å²) in [7, 11) is 0. The lowest BCUT2D eigenvalue weighted by molar-refractivity contribution is -0.131. The molecule has 2 unspecified atom stereocenters. The van der Waals surface area contributed by atoms with E-state index >= 15 is 0 Å². The van der Waals surface area contributed by atoms with E-state index in [4.69, 9.17) is 4.74 Å². The molecule has 1 heterocycles. The van der Waals surface area contributed by atoms with E-state index in [1.807, 2.05) is 6.92 Å². The van der Waals surface area contributed by atoms with Crippen LogP contribution in [0.2, 0.25) is 0 Å². The maximum Gasteiger partial charge on any atom is 0.214 e. The van der Waals surface area contributed by atoms with Crippen molar-refractivity contribution in [3.05, 3.63) is 0 Å². The van der Waals surface area contributed by atoms with Gasteiger partial charge in [0.15, 0.2) is 6.29 Å². The summed E-state index contributed by atoms with van der Waals surface area (Å²) in [5.41, 5.74) is 0. The van der Waals surface area contributed by atoms with Crippen molar-refractivity contribution in [1.29, 1.82) is 0 Å². The lowest BCUT2D eigenvalue weighted by Gasteiger charge is -2.05. The molecule has 0 aromatic carbocycles. The summed E-state index contributed by atoms with van der Waals surface area (Å²) in [5, 5.41) is 2.89. The third kappa shape index (κ3) is 1.85. The van der Waals surface area contributed by atoms with E-state index in [2.05, 4.69) is 5.32 Å². The molecule has 1 aliphatic rings. The molecule has 4 nitrogen and oxygen atoms in total. The Bertz CT molecular complexity index is 169. The quantitative estimate of drug-likeness (QED) is 0.442. The van der Waals surface area contributed by atoms with Gasteiger partial charge in [-0.25, -0.2) is 0 Å². The molecule has 62 valence electrons. The molecule has 2 atom stereocenters. The van der Waals surface area contributed by atoms with Gasteiger partial charge < -0.3 is 4.74 Å². The predicted octanol–water partition coefficient (Wildman–Crippen LogP) is -0.521. The van der Waals surface area contributed by atoms with E-state index in [0.717, 1.165) is 6.42 Å². The summed E-state index contributed by atoms with van der Waals surface area (Å²) in [6.45, 7) is 2.27. The van der Waals surface area contributed by atoms with E-state index < -0.39 is 11.8 Å². The SMILES string of the molecule is CCC1NC(C(=O)C=O)CO1. The Morgan fingerprint density at radius 2 is 2.55 bits per heavy atom. The Hall–Kier alpha value is -0.740. The van der Waals surface area contributed by atoms with Crippen LogP contribution < -0.4 is 5.32 Å². The fourth-order valence-corrected chi connectivity index (χ4v) is 1.02. The van der Waals surface area contributed by atoms with E-state index in [1.54, 1.807) is 0 Å². The molecule has 0 aliphatic carbocycles. The summed E-state index contributed by atoms with van der Waals surface area (Å²) < 4.78 is 5.15. The maximum atomic E-state index is 10.8. The molecule has 0 aromatic rings.